The maximum absolute atomic E-state index is 7.47. The van der Waals surface area contributed by atoms with Crippen LogP contribution in [0.4, 0.5) is 0 Å². The van der Waals surface area contributed by atoms with Crippen molar-refractivity contribution in [3.8, 4) is 0 Å². The quantitative estimate of drug-likeness (QED) is 0.424. The molecule has 0 aliphatic heterocycles. The van der Waals surface area contributed by atoms with E-state index in [1.807, 2.05) is 36.4 Å². The summed E-state index contributed by atoms with van der Waals surface area (Å²) in [7, 11) is 0. The molecule has 6 N–H and O–H groups in total. The van der Waals surface area contributed by atoms with Crippen LogP contribution in [0.5, 0.6) is 0 Å². The van der Waals surface area contributed by atoms with E-state index in [4.69, 9.17) is 22.3 Å². The summed E-state index contributed by atoms with van der Waals surface area (Å²) >= 11 is 1.62. The Morgan fingerprint density at radius 2 is 1.14 bits per heavy atom. The lowest BCUT2D eigenvalue weighted by Crippen LogP contribution is -2.10. The summed E-state index contributed by atoms with van der Waals surface area (Å²) in [6, 6.07) is 11.5. The van der Waals surface area contributed by atoms with Gasteiger partial charge in [-0.25, -0.2) is 0 Å². The van der Waals surface area contributed by atoms with Crippen molar-refractivity contribution >= 4 is 68.0 Å². The van der Waals surface area contributed by atoms with Gasteiger partial charge in [-0.3, -0.25) is 10.8 Å². The standard InChI is InChI=1S/C14H12N4S.2ClH/c15-13(16)7-1-3-9-10-4-2-8(14(17)18)6-12(10)19-11(9)5-7;;/h1-6H,(H3,15,16)(H3,17,18);2*1H. The minimum Gasteiger partial charge on any atom is -0.384 e. The van der Waals surface area contributed by atoms with Crippen molar-refractivity contribution in [1.29, 1.82) is 10.8 Å². The Morgan fingerprint density at radius 1 is 0.762 bits per heavy atom. The molecule has 1 aromatic heterocycles. The topological polar surface area (TPSA) is 99.7 Å². The molecule has 0 saturated heterocycles. The average molecular weight is 341 g/mol. The Kier molecular flexibility index (Phi) is 5.17. The van der Waals surface area contributed by atoms with Crippen molar-refractivity contribution in [2.75, 3.05) is 0 Å². The molecule has 0 bridgehead atoms. The van der Waals surface area contributed by atoms with E-state index in [-0.39, 0.29) is 36.5 Å². The van der Waals surface area contributed by atoms with Crippen molar-refractivity contribution in [3.05, 3.63) is 47.5 Å². The number of halogens is 2. The third kappa shape index (κ3) is 2.95. The molecule has 0 atom stereocenters. The smallest absolute Gasteiger partial charge is 0.122 e. The number of hydrogen-bond donors (Lipinski definition) is 4. The first kappa shape index (κ1) is 17.2. The van der Waals surface area contributed by atoms with Gasteiger partial charge in [0.05, 0.1) is 0 Å². The lowest BCUT2D eigenvalue weighted by Gasteiger charge is -1.98. The largest absolute Gasteiger partial charge is 0.384 e. The number of benzene rings is 2. The fourth-order valence-electron chi connectivity index (χ4n) is 2.11. The van der Waals surface area contributed by atoms with Crippen LogP contribution in [0.15, 0.2) is 36.4 Å². The summed E-state index contributed by atoms with van der Waals surface area (Å²) < 4.78 is 2.17. The number of nitrogens with one attached hydrogen (secondary N) is 2. The molecule has 7 heteroatoms. The Morgan fingerprint density at radius 3 is 1.48 bits per heavy atom. The zero-order valence-electron chi connectivity index (χ0n) is 10.8. The van der Waals surface area contributed by atoms with Crippen molar-refractivity contribution in [3.63, 3.8) is 0 Å². The minimum absolute atomic E-state index is 0. The van der Waals surface area contributed by atoms with Crippen LogP contribution >= 0.6 is 36.2 Å². The van der Waals surface area contributed by atoms with Gasteiger partial charge in [0.15, 0.2) is 0 Å². The van der Waals surface area contributed by atoms with Gasteiger partial charge in [-0.1, -0.05) is 24.3 Å². The van der Waals surface area contributed by atoms with Gasteiger partial charge in [-0.05, 0) is 12.1 Å². The lowest BCUT2D eigenvalue weighted by atomic mass is 10.1. The number of nitrogens with two attached hydrogens (primary N) is 2. The number of fused-ring (bicyclic) bond motifs is 3. The van der Waals surface area contributed by atoms with Crippen LogP contribution in [0.25, 0.3) is 20.2 Å². The van der Waals surface area contributed by atoms with E-state index in [2.05, 4.69) is 0 Å². The van der Waals surface area contributed by atoms with Crippen LogP contribution in [0.2, 0.25) is 0 Å². The zero-order chi connectivity index (χ0) is 13.6. The molecule has 0 fully saturated rings. The predicted molar refractivity (Wildman–Crippen MR) is 95.9 cm³/mol. The highest BCUT2D eigenvalue weighted by Gasteiger charge is 2.08. The van der Waals surface area contributed by atoms with Gasteiger partial charge >= 0.3 is 0 Å². The van der Waals surface area contributed by atoms with Crippen LogP contribution < -0.4 is 11.5 Å². The number of nitrogen functional groups attached to an aromatic ring is 2. The molecular formula is C14H14Cl2N4S. The maximum atomic E-state index is 7.47. The van der Waals surface area contributed by atoms with Gasteiger partial charge < -0.3 is 11.5 Å². The molecule has 110 valence electrons. The van der Waals surface area contributed by atoms with Gasteiger partial charge in [0.2, 0.25) is 0 Å². The molecule has 3 aromatic rings. The molecule has 4 nitrogen and oxygen atoms in total. The van der Waals surface area contributed by atoms with Crippen molar-refractivity contribution in [2.45, 2.75) is 0 Å². The second-order valence-electron chi connectivity index (χ2n) is 4.35. The van der Waals surface area contributed by atoms with Gasteiger partial charge in [0.25, 0.3) is 0 Å². The number of thiophene rings is 1. The van der Waals surface area contributed by atoms with E-state index < -0.39 is 0 Å². The van der Waals surface area contributed by atoms with E-state index in [1.165, 1.54) is 0 Å². The first-order valence-corrected chi connectivity index (χ1v) is 6.53. The summed E-state index contributed by atoms with van der Waals surface area (Å²) in [5.41, 5.74) is 12.5. The Balaban J connectivity index is 0.00000110. The SMILES string of the molecule is Cl.Cl.N=C(N)c1ccc2c(c1)sc1cc(C(=N)N)ccc12. The second-order valence-corrected chi connectivity index (χ2v) is 5.44. The van der Waals surface area contributed by atoms with Gasteiger partial charge in [-0.2, -0.15) is 0 Å². The maximum Gasteiger partial charge on any atom is 0.122 e. The minimum atomic E-state index is 0. The monoisotopic (exact) mass is 340 g/mol. The average Bonchev–Trinajstić information content (AvgIpc) is 2.74. The normalized spacial score (nSPS) is 9.90. The number of amidine groups is 2. The molecule has 0 spiro atoms. The Hall–Kier alpha value is -1.82. The first-order chi connectivity index (χ1) is 9.06. The summed E-state index contributed by atoms with van der Waals surface area (Å²) in [6.07, 6.45) is 0. The highest BCUT2D eigenvalue weighted by atomic mass is 35.5. The van der Waals surface area contributed by atoms with E-state index in [0.29, 0.717) is 0 Å². The van der Waals surface area contributed by atoms with Crippen molar-refractivity contribution in [2.24, 2.45) is 11.5 Å². The fourth-order valence-corrected chi connectivity index (χ4v) is 3.30. The highest BCUT2D eigenvalue weighted by Crippen LogP contribution is 2.34. The number of hydrogen-bond acceptors (Lipinski definition) is 3. The van der Waals surface area contributed by atoms with Crippen LogP contribution in [0, 0.1) is 10.8 Å². The van der Waals surface area contributed by atoms with E-state index in [9.17, 15) is 0 Å². The molecule has 0 unspecified atom stereocenters. The molecule has 0 saturated carbocycles. The molecule has 21 heavy (non-hydrogen) atoms. The van der Waals surface area contributed by atoms with Crippen LogP contribution in [0.3, 0.4) is 0 Å². The van der Waals surface area contributed by atoms with E-state index in [1.54, 1.807) is 11.3 Å². The number of rotatable bonds is 2. The van der Waals surface area contributed by atoms with Gasteiger partial charge in [-0.15, -0.1) is 36.2 Å². The molecule has 2 aromatic carbocycles. The summed E-state index contributed by atoms with van der Waals surface area (Å²) in [5.74, 6) is 0.146. The van der Waals surface area contributed by atoms with E-state index >= 15 is 0 Å². The molecule has 3 rings (SSSR count). The Bertz CT molecular complexity index is 773. The predicted octanol–water partition coefficient (Wildman–Crippen LogP) is 3.47. The third-order valence-electron chi connectivity index (χ3n) is 3.10. The van der Waals surface area contributed by atoms with Crippen molar-refractivity contribution < 1.29 is 0 Å². The molecular weight excluding hydrogens is 327 g/mol. The van der Waals surface area contributed by atoms with Gasteiger partial charge in [0, 0.05) is 31.3 Å². The van der Waals surface area contributed by atoms with Crippen molar-refractivity contribution in [1.82, 2.24) is 0 Å². The van der Waals surface area contributed by atoms with Gasteiger partial charge in [0.1, 0.15) is 11.7 Å². The molecule has 1 heterocycles. The van der Waals surface area contributed by atoms with Crippen LogP contribution in [-0.4, -0.2) is 11.7 Å². The lowest BCUT2D eigenvalue weighted by molar-refractivity contribution is 1.43. The van der Waals surface area contributed by atoms with Crippen LogP contribution in [-0.2, 0) is 0 Å². The zero-order valence-corrected chi connectivity index (χ0v) is 13.3. The summed E-state index contributed by atoms with van der Waals surface area (Å²) in [6.45, 7) is 0. The molecule has 0 radical (unpaired) electrons. The Labute approximate surface area is 138 Å². The third-order valence-corrected chi connectivity index (χ3v) is 4.21. The van der Waals surface area contributed by atoms with E-state index in [0.717, 1.165) is 31.3 Å². The fraction of sp³-hybridized carbons (Fsp3) is 0. The summed E-state index contributed by atoms with van der Waals surface area (Å²) in [4.78, 5) is 0. The van der Waals surface area contributed by atoms with Crippen LogP contribution in [0.1, 0.15) is 11.1 Å². The highest BCUT2D eigenvalue weighted by molar-refractivity contribution is 7.25. The summed E-state index contributed by atoms with van der Waals surface area (Å²) in [5, 5.41) is 17.2. The first-order valence-electron chi connectivity index (χ1n) is 5.71. The molecule has 0 amide bonds. The molecule has 0 aliphatic carbocycles. The molecule has 0 aliphatic rings. The second kappa shape index (κ2) is 6.30.